The number of carbonyl (C=O) groups excluding carboxylic acids is 1. The molecule has 1 saturated carbocycles. The summed E-state index contributed by atoms with van der Waals surface area (Å²) < 4.78 is 0. The average Bonchev–Trinajstić information content (AvgIpc) is 3.03. The Hall–Kier alpha value is -1.35. The molecule has 1 amide bonds. The zero-order valence-corrected chi connectivity index (χ0v) is 10.3. The molecular weight excluding hydrogens is 212 g/mol. The van der Waals surface area contributed by atoms with E-state index < -0.39 is 0 Å². The third-order valence-corrected chi connectivity index (χ3v) is 3.48. The van der Waals surface area contributed by atoms with Gasteiger partial charge in [-0.05, 0) is 42.9 Å². The Kier molecular flexibility index (Phi) is 3.79. The maximum atomic E-state index is 12.0. The first-order valence-corrected chi connectivity index (χ1v) is 6.28. The van der Waals surface area contributed by atoms with Crippen molar-refractivity contribution in [2.75, 3.05) is 13.1 Å². The van der Waals surface area contributed by atoms with Crippen LogP contribution < -0.4 is 11.1 Å². The van der Waals surface area contributed by atoms with E-state index >= 15 is 0 Å². The molecule has 3 heteroatoms. The zero-order valence-electron chi connectivity index (χ0n) is 10.3. The summed E-state index contributed by atoms with van der Waals surface area (Å²) in [5, 5.41) is 3.01. The van der Waals surface area contributed by atoms with Crippen LogP contribution >= 0.6 is 0 Å². The van der Waals surface area contributed by atoms with Crippen molar-refractivity contribution in [3.8, 4) is 0 Å². The van der Waals surface area contributed by atoms with E-state index in [-0.39, 0.29) is 5.91 Å². The Morgan fingerprint density at radius 2 is 2.18 bits per heavy atom. The number of hydrogen-bond donors (Lipinski definition) is 2. The minimum absolute atomic E-state index is 0.0353. The van der Waals surface area contributed by atoms with Gasteiger partial charge in [-0.25, -0.2) is 0 Å². The van der Waals surface area contributed by atoms with Crippen LogP contribution in [0.4, 0.5) is 0 Å². The molecule has 2 atom stereocenters. The summed E-state index contributed by atoms with van der Waals surface area (Å²) in [6.45, 7) is 3.60. The molecule has 0 spiro atoms. The van der Waals surface area contributed by atoms with Crippen LogP contribution in [0.15, 0.2) is 24.3 Å². The highest BCUT2D eigenvalue weighted by molar-refractivity contribution is 5.95. The zero-order chi connectivity index (χ0) is 12.3. The number of amides is 1. The monoisotopic (exact) mass is 232 g/mol. The van der Waals surface area contributed by atoms with Crippen molar-refractivity contribution in [2.45, 2.75) is 19.8 Å². The first kappa shape index (κ1) is 12.1. The molecule has 1 aliphatic carbocycles. The van der Waals surface area contributed by atoms with Crippen molar-refractivity contribution in [3.63, 3.8) is 0 Å². The molecule has 2 unspecified atom stereocenters. The molecule has 3 nitrogen and oxygen atoms in total. The molecule has 17 heavy (non-hydrogen) atoms. The summed E-state index contributed by atoms with van der Waals surface area (Å²) in [6, 6.07) is 7.69. The largest absolute Gasteiger partial charge is 0.352 e. The predicted octanol–water partition coefficient (Wildman–Crippen LogP) is 1.57. The van der Waals surface area contributed by atoms with Gasteiger partial charge in [-0.1, -0.05) is 25.1 Å². The van der Waals surface area contributed by atoms with Crippen LogP contribution in [0.5, 0.6) is 0 Å². The quantitative estimate of drug-likeness (QED) is 0.809. The Morgan fingerprint density at radius 3 is 2.82 bits per heavy atom. The van der Waals surface area contributed by atoms with Crippen LogP contribution in [-0.2, 0) is 6.42 Å². The fourth-order valence-corrected chi connectivity index (χ4v) is 2.12. The average molecular weight is 232 g/mol. The molecule has 0 bridgehead atoms. The van der Waals surface area contributed by atoms with Gasteiger partial charge in [0, 0.05) is 12.1 Å². The van der Waals surface area contributed by atoms with Gasteiger partial charge in [0.1, 0.15) is 0 Å². The Labute approximate surface area is 102 Å². The van der Waals surface area contributed by atoms with Gasteiger partial charge in [-0.2, -0.15) is 0 Å². The fourth-order valence-electron chi connectivity index (χ4n) is 2.12. The topological polar surface area (TPSA) is 55.1 Å². The summed E-state index contributed by atoms with van der Waals surface area (Å²) in [5.41, 5.74) is 7.36. The molecular formula is C14H20N2O. The van der Waals surface area contributed by atoms with Gasteiger partial charge in [0.2, 0.25) is 0 Å². The van der Waals surface area contributed by atoms with Gasteiger partial charge < -0.3 is 11.1 Å². The maximum Gasteiger partial charge on any atom is 0.251 e. The van der Waals surface area contributed by atoms with E-state index in [2.05, 4.69) is 12.2 Å². The third-order valence-electron chi connectivity index (χ3n) is 3.48. The standard InChI is InChI=1S/C14H20N2O/c1-10-8-12(10)9-16-14(17)13-5-3-2-4-11(13)6-7-15/h2-5,10,12H,6-9,15H2,1H3,(H,16,17). The van der Waals surface area contributed by atoms with E-state index in [1.54, 1.807) is 0 Å². The molecule has 0 aliphatic heterocycles. The predicted molar refractivity (Wildman–Crippen MR) is 68.8 cm³/mol. The molecule has 0 aromatic heterocycles. The second kappa shape index (κ2) is 5.32. The second-order valence-corrected chi connectivity index (χ2v) is 4.88. The summed E-state index contributed by atoms with van der Waals surface area (Å²) in [4.78, 5) is 12.0. The lowest BCUT2D eigenvalue weighted by atomic mass is 10.0. The lowest BCUT2D eigenvalue weighted by molar-refractivity contribution is 0.0950. The number of benzene rings is 1. The van der Waals surface area contributed by atoms with Crippen LogP contribution in [-0.4, -0.2) is 19.0 Å². The lowest BCUT2D eigenvalue weighted by Gasteiger charge is -2.09. The van der Waals surface area contributed by atoms with Crippen LogP contribution in [0, 0.1) is 11.8 Å². The molecule has 3 N–H and O–H groups in total. The highest BCUT2D eigenvalue weighted by Crippen LogP contribution is 2.36. The number of carbonyl (C=O) groups is 1. The van der Waals surface area contributed by atoms with Crippen molar-refractivity contribution in [2.24, 2.45) is 17.6 Å². The molecule has 0 radical (unpaired) electrons. The van der Waals surface area contributed by atoms with E-state index in [1.165, 1.54) is 6.42 Å². The van der Waals surface area contributed by atoms with Crippen molar-refractivity contribution < 1.29 is 4.79 Å². The minimum atomic E-state index is 0.0353. The van der Waals surface area contributed by atoms with E-state index in [1.807, 2.05) is 24.3 Å². The van der Waals surface area contributed by atoms with Crippen LogP contribution in [0.25, 0.3) is 0 Å². The summed E-state index contributed by atoms with van der Waals surface area (Å²) >= 11 is 0. The van der Waals surface area contributed by atoms with Crippen molar-refractivity contribution in [3.05, 3.63) is 35.4 Å². The Morgan fingerprint density at radius 1 is 1.47 bits per heavy atom. The van der Waals surface area contributed by atoms with E-state index in [0.29, 0.717) is 12.5 Å². The molecule has 92 valence electrons. The highest BCUT2D eigenvalue weighted by atomic mass is 16.1. The van der Waals surface area contributed by atoms with Crippen molar-refractivity contribution >= 4 is 5.91 Å². The lowest BCUT2D eigenvalue weighted by Crippen LogP contribution is -2.27. The summed E-state index contributed by atoms with van der Waals surface area (Å²) in [6.07, 6.45) is 1.99. The fraction of sp³-hybridized carbons (Fsp3) is 0.500. The smallest absolute Gasteiger partial charge is 0.251 e. The van der Waals surface area contributed by atoms with Gasteiger partial charge in [0.15, 0.2) is 0 Å². The van der Waals surface area contributed by atoms with Gasteiger partial charge in [-0.3, -0.25) is 4.79 Å². The molecule has 0 saturated heterocycles. The molecule has 1 aliphatic rings. The molecule has 2 rings (SSSR count). The number of rotatable bonds is 5. The number of nitrogens with one attached hydrogen (secondary N) is 1. The van der Waals surface area contributed by atoms with Gasteiger partial charge in [0.05, 0.1) is 0 Å². The number of nitrogens with two attached hydrogens (primary N) is 1. The van der Waals surface area contributed by atoms with Gasteiger partial charge in [0.25, 0.3) is 5.91 Å². The normalized spacial score (nSPS) is 22.2. The SMILES string of the molecule is CC1CC1CNC(=O)c1ccccc1CCN. The first-order chi connectivity index (χ1) is 8.22. The molecule has 1 aromatic rings. The van der Waals surface area contributed by atoms with Crippen LogP contribution in [0.3, 0.4) is 0 Å². The minimum Gasteiger partial charge on any atom is -0.352 e. The second-order valence-electron chi connectivity index (χ2n) is 4.88. The summed E-state index contributed by atoms with van der Waals surface area (Å²) in [5.74, 6) is 1.49. The number of hydrogen-bond acceptors (Lipinski definition) is 2. The van der Waals surface area contributed by atoms with E-state index in [9.17, 15) is 4.79 Å². The Balaban J connectivity index is 1.97. The van der Waals surface area contributed by atoms with E-state index in [0.717, 1.165) is 30.0 Å². The van der Waals surface area contributed by atoms with Crippen molar-refractivity contribution in [1.82, 2.24) is 5.32 Å². The highest BCUT2D eigenvalue weighted by Gasteiger charge is 2.32. The molecule has 1 fully saturated rings. The molecule has 1 aromatic carbocycles. The van der Waals surface area contributed by atoms with Crippen molar-refractivity contribution in [1.29, 1.82) is 0 Å². The summed E-state index contributed by atoms with van der Waals surface area (Å²) in [7, 11) is 0. The van der Waals surface area contributed by atoms with Crippen LogP contribution in [0.2, 0.25) is 0 Å². The Bertz CT molecular complexity index is 403. The third kappa shape index (κ3) is 3.07. The van der Waals surface area contributed by atoms with Gasteiger partial charge in [-0.15, -0.1) is 0 Å². The van der Waals surface area contributed by atoms with Gasteiger partial charge >= 0.3 is 0 Å². The van der Waals surface area contributed by atoms with Crippen LogP contribution in [0.1, 0.15) is 29.3 Å². The first-order valence-electron chi connectivity index (χ1n) is 6.28. The maximum absolute atomic E-state index is 12.0. The molecule has 0 heterocycles. The van der Waals surface area contributed by atoms with E-state index in [4.69, 9.17) is 5.73 Å².